The Morgan fingerprint density at radius 2 is 1.70 bits per heavy atom. The topological polar surface area (TPSA) is 60.5 Å². The minimum Gasteiger partial charge on any atom is -0.493 e. The molecule has 0 radical (unpaired) electrons. The molecule has 0 spiro atoms. The van der Waals surface area contributed by atoms with Crippen LogP contribution in [-0.4, -0.2) is 25.1 Å². The van der Waals surface area contributed by atoms with Crippen molar-refractivity contribution in [2.75, 3.05) is 19.5 Å². The van der Waals surface area contributed by atoms with Crippen molar-refractivity contribution in [2.24, 2.45) is 0 Å². The van der Waals surface area contributed by atoms with Crippen LogP contribution in [0.3, 0.4) is 0 Å². The van der Waals surface area contributed by atoms with Crippen LogP contribution < -0.4 is 14.8 Å². The molecule has 0 saturated carbocycles. The van der Waals surface area contributed by atoms with Crippen LogP contribution in [0.5, 0.6) is 11.5 Å². The first-order valence-electron chi connectivity index (χ1n) is 7.56. The molecule has 2 aromatic carbocycles. The zero-order valence-corrected chi connectivity index (χ0v) is 15.0. The number of hydrogen-bond donors (Lipinski definition) is 1. The Kier molecular flexibility index (Phi) is 5.31. The number of rotatable bonds is 5. The summed E-state index contributed by atoms with van der Waals surface area (Å²) in [5, 5.41) is 4.32. The van der Waals surface area contributed by atoms with Gasteiger partial charge in [-0.2, -0.15) is 0 Å². The minimum atomic E-state index is -1.60. The molecule has 3 aromatic rings. The van der Waals surface area contributed by atoms with Crippen LogP contribution in [0, 0.1) is 17.5 Å². The summed E-state index contributed by atoms with van der Waals surface area (Å²) >= 11 is 1.21. The van der Waals surface area contributed by atoms with Gasteiger partial charge in [0.2, 0.25) is 0 Å². The van der Waals surface area contributed by atoms with Crippen LogP contribution in [-0.2, 0) is 0 Å². The minimum absolute atomic E-state index is 0.0509. The van der Waals surface area contributed by atoms with Crippen molar-refractivity contribution in [3.63, 3.8) is 0 Å². The highest BCUT2D eigenvalue weighted by Crippen LogP contribution is 2.33. The van der Waals surface area contributed by atoms with Crippen molar-refractivity contribution in [1.82, 2.24) is 4.98 Å². The van der Waals surface area contributed by atoms with E-state index >= 15 is 0 Å². The average molecular weight is 394 g/mol. The normalized spacial score (nSPS) is 10.6. The van der Waals surface area contributed by atoms with Gasteiger partial charge in [0, 0.05) is 28.8 Å². The molecule has 0 saturated heterocycles. The lowest BCUT2D eigenvalue weighted by molar-refractivity contribution is 0.102. The molecule has 0 fully saturated rings. The number of halogens is 3. The van der Waals surface area contributed by atoms with Gasteiger partial charge in [-0.15, -0.1) is 11.3 Å². The van der Waals surface area contributed by atoms with Gasteiger partial charge in [0.1, 0.15) is 10.7 Å². The zero-order valence-electron chi connectivity index (χ0n) is 14.2. The monoisotopic (exact) mass is 394 g/mol. The van der Waals surface area contributed by atoms with Crippen LogP contribution in [0.25, 0.3) is 10.6 Å². The van der Waals surface area contributed by atoms with Crippen molar-refractivity contribution in [1.29, 1.82) is 0 Å². The summed E-state index contributed by atoms with van der Waals surface area (Å²) in [7, 11) is 3.02. The van der Waals surface area contributed by atoms with E-state index in [1.165, 1.54) is 30.9 Å². The van der Waals surface area contributed by atoms with Crippen molar-refractivity contribution in [2.45, 2.75) is 0 Å². The highest BCUT2D eigenvalue weighted by Gasteiger charge is 2.16. The lowest BCUT2D eigenvalue weighted by Gasteiger charge is -2.08. The molecule has 1 N–H and O–H groups in total. The molecule has 0 atom stereocenters. The smallest absolute Gasteiger partial charge is 0.275 e. The molecule has 3 rings (SSSR count). The van der Waals surface area contributed by atoms with Gasteiger partial charge in [-0.3, -0.25) is 4.79 Å². The van der Waals surface area contributed by atoms with E-state index in [1.807, 2.05) is 0 Å². The molecule has 0 aliphatic rings. The summed E-state index contributed by atoms with van der Waals surface area (Å²) in [6, 6.07) is 6.56. The van der Waals surface area contributed by atoms with Crippen molar-refractivity contribution >= 4 is 22.9 Å². The number of benzene rings is 2. The third kappa shape index (κ3) is 3.87. The number of anilines is 1. The van der Waals surface area contributed by atoms with Gasteiger partial charge in [-0.1, -0.05) is 0 Å². The van der Waals surface area contributed by atoms with E-state index in [-0.39, 0.29) is 11.4 Å². The Hall–Kier alpha value is -3.07. The molecule has 1 aromatic heterocycles. The third-order valence-corrected chi connectivity index (χ3v) is 4.50. The maximum atomic E-state index is 13.2. The number of nitrogens with zero attached hydrogens (tertiary/aromatic N) is 1. The Balaban J connectivity index is 1.82. The first-order chi connectivity index (χ1) is 12.9. The van der Waals surface area contributed by atoms with Crippen molar-refractivity contribution < 1.29 is 27.4 Å². The zero-order chi connectivity index (χ0) is 19.6. The molecule has 5 nitrogen and oxygen atoms in total. The van der Waals surface area contributed by atoms with E-state index in [4.69, 9.17) is 9.47 Å². The van der Waals surface area contributed by atoms with E-state index in [9.17, 15) is 18.0 Å². The van der Waals surface area contributed by atoms with E-state index in [2.05, 4.69) is 10.3 Å². The van der Waals surface area contributed by atoms with Crippen LogP contribution in [0.15, 0.2) is 35.7 Å². The molecule has 0 aliphatic heterocycles. The maximum absolute atomic E-state index is 13.2. The molecule has 0 unspecified atom stereocenters. The van der Waals surface area contributed by atoms with Crippen LogP contribution in [0.2, 0.25) is 0 Å². The Bertz CT molecular complexity index is 984. The summed E-state index contributed by atoms with van der Waals surface area (Å²) < 4.78 is 49.9. The van der Waals surface area contributed by atoms with Gasteiger partial charge in [0.15, 0.2) is 29.0 Å². The Morgan fingerprint density at radius 1 is 1.04 bits per heavy atom. The lowest BCUT2D eigenvalue weighted by Crippen LogP contribution is -2.13. The average Bonchev–Trinajstić information content (AvgIpc) is 3.15. The number of ether oxygens (including phenoxy) is 2. The van der Waals surface area contributed by atoms with Gasteiger partial charge in [0.05, 0.1) is 14.2 Å². The predicted octanol–water partition coefficient (Wildman–Crippen LogP) is 4.50. The first-order valence-corrected chi connectivity index (χ1v) is 8.44. The molecule has 9 heteroatoms. The fraction of sp³-hybridized carbons (Fsp3) is 0.111. The van der Waals surface area contributed by atoms with Crippen molar-refractivity contribution in [3.8, 4) is 22.1 Å². The second-order valence-corrected chi connectivity index (χ2v) is 6.17. The summed E-state index contributed by atoms with van der Waals surface area (Å²) in [6.07, 6.45) is 0. The highest BCUT2D eigenvalue weighted by molar-refractivity contribution is 7.13. The molecule has 0 bridgehead atoms. The van der Waals surface area contributed by atoms with Crippen LogP contribution in [0.1, 0.15) is 10.5 Å². The highest BCUT2D eigenvalue weighted by atomic mass is 32.1. The summed E-state index contributed by atoms with van der Waals surface area (Å²) in [6.45, 7) is 0. The number of methoxy groups -OCH3 is 2. The van der Waals surface area contributed by atoms with E-state index in [0.29, 0.717) is 34.2 Å². The summed E-state index contributed by atoms with van der Waals surface area (Å²) in [5.74, 6) is -4.01. The van der Waals surface area contributed by atoms with Gasteiger partial charge in [-0.25, -0.2) is 18.2 Å². The van der Waals surface area contributed by atoms with Crippen LogP contribution in [0.4, 0.5) is 18.9 Å². The van der Waals surface area contributed by atoms with Gasteiger partial charge in [0.25, 0.3) is 5.91 Å². The summed E-state index contributed by atoms with van der Waals surface area (Å²) in [5.41, 5.74) is 0.544. The Labute approximate surface area is 156 Å². The Morgan fingerprint density at radius 3 is 2.33 bits per heavy atom. The first kappa shape index (κ1) is 18.7. The molecule has 1 heterocycles. The molecule has 140 valence electrons. The fourth-order valence-corrected chi connectivity index (χ4v) is 3.10. The molecule has 1 amide bonds. The number of carbonyl (C=O) groups is 1. The van der Waals surface area contributed by atoms with E-state index in [1.54, 1.807) is 18.2 Å². The lowest BCUT2D eigenvalue weighted by atomic mass is 10.2. The van der Waals surface area contributed by atoms with E-state index in [0.717, 1.165) is 0 Å². The molecular weight excluding hydrogens is 381 g/mol. The maximum Gasteiger partial charge on any atom is 0.275 e. The fourth-order valence-electron chi connectivity index (χ4n) is 2.30. The quantitative estimate of drug-likeness (QED) is 0.648. The number of nitrogens with one attached hydrogen (secondary N) is 1. The van der Waals surface area contributed by atoms with Gasteiger partial charge < -0.3 is 14.8 Å². The standard InChI is InChI=1S/C18H13F3N2O3S/c1-25-14-4-3-9(5-15(14)26-2)18-23-13(8-27-18)17(24)22-10-6-11(19)16(21)12(20)7-10/h3-8H,1-2H3,(H,22,24). The molecular formula is C18H13F3N2O3S. The number of aromatic nitrogens is 1. The van der Waals surface area contributed by atoms with Crippen LogP contribution >= 0.6 is 11.3 Å². The molecule has 0 aliphatic carbocycles. The largest absolute Gasteiger partial charge is 0.493 e. The van der Waals surface area contributed by atoms with Gasteiger partial charge >= 0.3 is 0 Å². The van der Waals surface area contributed by atoms with E-state index < -0.39 is 23.4 Å². The summed E-state index contributed by atoms with van der Waals surface area (Å²) in [4.78, 5) is 16.5. The number of thiazole rings is 1. The predicted molar refractivity (Wildman–Crippen MR) is 94.9 cm³/mol. The number of amides is 1. The van der Waals surface area contributed by atoms with Gasteiger partial charge in [-0.05, 0) is 18.2 Å². The second kappa shape index (κ2) is 7.67. The van der Waals surface area contributed by atoms with Crippen molar-refractivity contribution in [3.05, 3.63) is 58.9 Å². The molecule has 27 heavy (non-hydrogen) atoms. The second-order valence-electron chi connectivity index (χ2n) is 5.32. The number of hydrogen-bond acceptors (Lipinski definition) is 5. The third-order valence-electron chi connectivity index (χ3n) is 3.61. The SMILES string of the molecule is COc1ccc(-c2nc(C(=O)Nc3cc(F)c(F)c(F)c3)cs2)cc1OC. The number of carbonyl (C=O) groups excluding carboxylic acids is 1.